The first-order valence-corrected chi connectivity index (χ1v) is 7.88. The van der Waals surface area contributed by atoms with Gasteiger partial charge in [-0.25, -0.2) is 0 Å². The largest absolute Gasteiger partial charge is 0.496 e. The van der Waals surface area contributed by atoms with Gasteiger partial charge < -0.3 is 10.1 Å². The number of rotatable bonds is 7. The number of benzene rings is 1. The first-order valence-electron chi connectivity index (χ1n) is 5.69. The highest BCUT2D eigenvalue weighted by atomic mass is 79.9. The summed E-state index contributed by atoms with van der Waals surface area (Å²) in [6.45, 7) is 4.15. The molecule has 1 rings (SSSR count). The molecule has 0 fully saturated rings. The van der Waals surface area contributed by atoms with Gasteiger partial charge in [0.05, 0.1) is 7.11 Å². The highest BCUT2D eigenvalue weighted by molar-refractivity contribution is 9.10. The van der Waals surface area contributed by atoms with Crippen LogP contribution in [0.15, 0.2) is 22.7 Å². The number of ether oxygens (including phenoxy) is 1. The molecule has 4 heteroatoms. The summed E-state index contributed by atoms with van der Waals surface area (Å²) in [6, 6.07) is 6.09. The third-order valence-corrected chi connectivity index (χ3v) is 3.90. The van der Waals surface area contributed by atoms with E-state index in [-0.39, 0.29) is 0 Å². The van der Waals surface area contributed by atoms with Crippen LogP contribution in [-0.2, 0) is 6.54 Å². The van der Waals surface area contributed by atoms with Gasteiger partial charge in [0.15, 0.2) is 0 Å². The summed E-state index contributed by atoms with van der Waals surface area (Å²) in [4.78, 5) is 0. The average Bonchev–Trinajstić information content (AvgIpc) is 2.30. The highest BCUT2D eigenvalue weighted by Crippen LogP contribution is 2.22. The summed E-state index contributed by atoms with van der Waals surface area (Å²) in [6.07, 6.45) is 2.15. The highest BCUT2D eigenvalue weighted by Gasteiger charge is 2.05. The van der Waals surface area contributed by atoms with Crippen molar-refractivity contribution < 1.29 is 4.74 Å². The number of thioether (sulfide) groups is 1. The van der Waals surface area contributed by atoms with Crippen LogP contribution in [0.1, 0.15) is 12.5 Å². The third kappa shape index (κ3) is 5.32. The van der Waals surface area contributed by atoms with Gasteiger partial charge in [0.25, 0.3) is 0 Å². The second kappa shape index (κ2) is 8.01. The van der Waals surface area contributed by atoms with E-state index in [9.17, 15) is 0 Å². The molecule has 0 saturated heterocycles. The molecule has 2 nitrogen and oxygen atoms in total. The summed E-state index contributed by atoms with van der Waals surface area (Å²) in [7, 11) is 1.71. The molecule has 0 saturated carbocycles. The molecule has 1 atom stereocenters. The molecule has 0 radical (unpaired) electrons. The maximum atomic E-state index is 5.34. The fourth-order valence-corrected chi connectivity index (χ4v) is 2.78. The minimum absolute atomic E-state index is 0.697. The second-order valence-corrected chi connectivity index (χ2v) is 5.97. The van der Waals surface area contributed by atoms with Crippen LogP contribution in [0.5, 0.6) is 5.75 Å². The van der Waals surface area contributed by atoms with Crippen LogP contribution in [-0.4, -0.2) is 25.7 Å². The van der Waals surface area contributed by atoms with Crippen LogP contribution >= 0.6 is 27.7 Å². The lowest BCUT2D eigenvalue weighted by Crippen LogP contribution is -2.22. The van der Waals surface area contributed by atoms with E-state index in [0.717, 1.165) is 23.3 Å². The normalized spacial score (nSPS) is 12.5. The molecule has 0 spiro atoms. The van der Waals surface area contributed by atoms with Crippen molar-refractivity contribution in [1.29, 1.82) is 0 Å². The Morgan fingerprint density at radius 2 is 2.24 bits per heavy atom. The summed E-state index contributed by atoms with van der Waals surface area (Å²) in [5.74, 6) is 2.84. The van der Waals surface area contributed by atoms with E-state index >= 15 is 0 Å². The number of methoxy groups -OCH3 is 1. The minimum Gasteiger partial charge on any atom is -0.496 e. The number of hydrogen-bond acceptors (Lipinski definition) is 3. The van der Waals surface area contributed by atoms with Gasteiger partial charge in [-0.1, -0.05) is 22.9 Å². The summed E-state index contributed by atoms with van der Waals surface area (Å²) in [5.41, 5.74) is 1.19. The maximum Gasteiger partial charge on any atom is 0.123 e. The van der Waals surface area contributed by atoms with Gasteiger partial charge in [-0.3, -0.25) is 0 Å². The van der Waals surface area contributed by atoms with Crippen LogP contribution in [0.25, 0.3) is 0 Å². The van der Waals surface area contributed by atoms with Gasteiger partial charge in [0.1, 0.15) is 5.75 Å². The molecule has 1 aromatic rings. The maximum absolute atomic E-state index is 5.34. The predicted molar refractivity (Wildman–Crippen MR) is 79.9 cm³/mol. The van der Waals surface area contributed by atoms with Crippen LogP contribution in [0.2, 0.25) is 0 Å². The van der Waals surface area contributed by atoms with Crippen LogP contribution in [0.4, 0.5) is 0 Å². The van der Waals surface area contributed by atoms with E-state index in [4.69, 9.17) is 4.74 Å². The van der Waals surface area contributed by atoms with E-state index in [1.165, 1.54) is 11.3 Å². The van der Waals surface area contributed by atoms with Gasteiger partial charge >= 0.3 is 0 Å². The number of nitrogens with one attached hydrogen (secondary N) is 1. The quantitative estimate of drug-likeness (QED) is 0.831. The Hall–Kier alpha value is -0.190. The Balaban J connectivity index is 2.48. The van der Waals surface area contributed by atoms with Crippen molar-refractivity contribution in [3.05, 3.63) is 28.2 Å². The minimum atomic E-state index is 0.697. The van der Waals surface area contributed by atoms with Crippen molar-refractivity contribution in [2.75, 3.05) is 25.7 Å². The van der Waals surface area contributed by atoms with Crippen LogP contribution in [0.3, 0.4) is 0 Å². The topological polar surface area (TPSA) is 21.3 Å². The smallest absolute Gasteiger partial charge is 0.123 e. The molecule has 1 aromatic carbocycles. The molecule has 0 bridgehead atoms. The molecule has 0 aliphatic rings. The van der Waals surface area contributed by atoms with Crippen molar-refractivity contribution in [2.24, 2.45) is 5.92 Å². The fourth-order valence-electron chi connectivity index (χ4n) is 1.68. The Labute approximate surface area is 117 Å². The van der Waals surface area contributed by atoms with E-state index in [0.29, 0.717) is 5.92 Å². The zero-order valence-electron chi connectivity index (χ0n) is 10.6. The van der Waals surface area contributed by atoms with Crippen molar-refractivity contribution >= 4 is 27.7 Å². The summed E-state index contributed by atoms with van der Waals surface area (Å²) >= 11 is 5.38. The van der Waals surface area contributed by atoms with E-state index < -0.39 is 0 Å². The molecule has 1 unspecified atom stereocenters. The lowest BCUT2D eigenvalue weighted by Gasteiger charge is -2.13. The van der Waals surface area contributed by atoms with E-state index in [2.05, 4.69) is 40.5 Å². The van der Waals surface area contributed by atoms with Gasteiger partial charge in [0, 0.05) is 16.6 Å². The molecule has 0 amide bonds. The van der Waals surface area contributed by atoms with Crippen molar-refractivity contribution in [1.82, 2.24) is 5.32 Å². The standard InChI is InChI=1S/C13H20BrNOS/c1-10(9-17-3)7-15-8-11-6-12(14)4-5-13(11)16-2/h4-6,10,15H,7-9H2,1-3H3. The van der Waals surface area contributed by atoms with Crippen LogP contribution < -0.4 is 10.1 Å². The summed E-state index contributed by atoms with van der Waals surface area (Å²) in [5, 5.41) is 3.47. The molecule has 0 aromatic heterocycles. The Bertz CT molecular complexity index is 346. The Morgan fingerprint density at radius 1 is 1.47 bits per heavy atom. The zero-order valence-corrected chi connectivity index (χ0v) is 13.0. The first-order chi connectivity index (χ1) is 8.17. The average molecular weight is 318 g/mol. The summed E-state index contributed by atoms with van der Waals surface area (Å²) < 4.78 is 6.43. The van der Waals surface area contributed by atoms with E-state index in [1.54, 1.807) is 7.11 Å². The Morgan fingerprint density at radius 3 is 2.88 bits per heavy atom. The molecule has 0 heterocycles. The molecular weight excluding hydrogens is 298 g/mol. The second-order valence-electron chi connectivity index (χ2n) is 4.15. The zero-order chi connectivity index (χ0) is 12.7. The molecule has 17 heavy (non-hydrogen) atoms. The number of halogens is 1. The SMILES string of the molecule is COc1ccc(Br)cc1CNCC(C)CSC. The van der Waals surface area contributed by atoms with Gasteiger partial charge in [-0.05, 0) is 42.7 Å². The lowest BCUT2D eigenvalue weighted by atomic mass is 10.2. The molecule has 96 valence electrons. The molecule has 1 N–H and O–H groups in total. The molecular formula is C13H20BrNOS. The fraction of sp³-hybridized carbons (Fsp3) is 0.538. The molecule has 0 aliphatic heterocycles. The number of hydrogen-bond donors (Lipinski definition) is 1. The third-order valence-electron chi connectivity index (χ3n) is 2.50. The lowest BCUT2D eigenvalue weighted by molar-refractivity contribution is 0.406. The monoisotopic (exact) mass is 317 g/mol. The van der Waals surface area contributed by atoms with Gasteiger partial charge in [0.2, 0.25) is 0 Å². The van der Waals surface area contributed by atoms with E-state index in [1.807, 2.05) is 23.9 Å². The van der Waals surface area contributed by atoms with Crippen LogP contribution in [0, 0.1) is 5.92 Å². The predicted octanol–water partition coefficient (Wildman–Crippen LogP) is 3.55. The van der Waals surface area contributed by atoms with Gasteiger partial charge in [-0.15, -0.1) is 0 Å². The van der Waals surface area contributed by atoms with Crippen molar-refractivity contribution in [2.45, 2.75) is 13.5 Å². The van der Waals surface area contributed by atoms with Crippen molar-refractivity contribution in [3.63, 3.8) is 0 Å². The first kappa shape index (κ1) is 14.9. The molecule has 0 aliphatic carbocycles. The van der Waals surface area contributed by atoms with Gasteiger partial charge in [-0.2, -0.15) is 11.8 Å². The Kier molecular flexibility index (Phi) is 7.00. The van der Waals surface area contributed by atoms with Crippen molar-refractivity contribution in [3.8, 4) is 5.75 Å².